The Kier molecular flexibility index (Phi) is 11.0. The van der Waals surface area contributed by atoms with Gasteiger partial charge in [-0.25, -0.2) is 0 Å². The largest absolute Gasteiger partial charge is 0.462 e. The van der Waals surface area contributed by atoms with E-state index in [1.807, 2.05) is 39.8 Å². The molecule has 30 heavy (non-hydrogen) atoms. The van der Waals surface area contributed by atoms with Crippen molar-refractivity contribution >= 4 is 17.7 Å². The molecule has 0 aromatic rings. The first-order valence-electron chi connectivity index (χ1n) is 10.8. The zero-order chi connectivity index (χ0) is 22.7. The Bertz CT molecular complexity index is 659. The van der Waals surface area contributed by atoms with E-state index in [0.717, 1.165) is 24.0 Å². The molecule has 1 heterocycles. The highest BCUT2D eigenvalue weighted by Gasteiger charge is 2.39. The number of hydrogen-bond acceptors (Lipinski definition) is 6. The lowest BCUT2D eigenvalue weighted by Gasteiger charge is -2.35. The molecule has 0 aromatic heterocycles. The van der Waals surface area contributed by atoms with Crippen molar-refractivity contribution in [2.45, 2.75) is 91.8 Å². The number of carbonyl (C=O) groups excluding carboxylic acids is 3. The Morgan fingerprint density at radius 2 is 1.90 bits per heavy atom. The smallest absolute Gasteiger partial charge is 0.303 e. The number of hydrogen-bond donors (Lipinski definition) is 0. The molecule has 0 amide bonds. The van der Waals surface area contributed by atoms with Crippen molar-refractivity contribution < 1.29 is 28.6 Å². The molecule has 0 spiro atoms. The molecule has 0 bridgehead atoms. The third-order valence-corrected chi connectivity index (χ3v) is 5.53. The molecule has 0 saturated carbocycles. The molecule has 0 N–H and O–H groups in total. The summed E-state index contributed by atoms with van der Waals surface area (Å²) in [5.41, 5.74) is 1.56. The van der Waals surface area contributed by atoms with Crippen LogP contribution in [-0.2, 0) is 28.6 Å². The molecule has 1 aliphatic heterocycles. The fourth-order valence-electron chi connectivity index (χ4n) is 3.53. The lowest BCUT2D eigenvalue weighted by molar-refractivity contribution is -0.167. The Hall–Kier alpha value is -1.95. The summed E-state index contributed by atoms with van der Waals surface area (Å²) in [5.74, 6) is -0.415. The Morgan fingerprint density at radius 1 is 1.20 bits per heavy atom. The first kappa shape index (κ1) is 26.1. The van der Waals surface area contributed by atoms with Crippen LogP contribution >= 0.6 is 0 Å². The van der Waals surface area contributed by atoms with Gasteiger partial charge in [-0.3, -0.25) is 14.4 Å². The maximum absolute atomic E-state index is 12.3. The van der Waals surface area contributed by atoms with Crippen molar-refractivity contribution in [2.24, 2.45) is 5.92 Å². The number of esters is 2. The van der Waals surface area contributed by atoms with Gasteiger partial charge in [-0.2, -0.15) is 0 Å². The Morgan fingerprint density at radius 3 is 2.50 bits per heavy atom. The maximum atomic E-state index is 12.3. The van der Waals surface area contributed by atoms with E-state index < -0.39 is 5.60 Å². The van der Waals surface area contributed by atoms with Crippen molar-refractivity contribution in [3.63, 3.8) is 0 Å². The van der Waals surface area contributed by atoms with Crippen LogP contribution in [-0.4, -0.2) is 42.6 Å². The number of rotatable bonds is 10. The standard InChI is InChI=1S/C24H38O6/c1-17(2)9-11-22(27)18(3)8-7-14-24(6)23(30-20(5)26)12-10-21(16-29-24)13-15-28-19(4)25/h9,13,18,23H,7-8,10-12,14-16H2,1-6H3/t18?,23-,24?/m1/s1. The highest BCUT2D eigenvalue weighted by molar-refractivity contribution is 5.82. The highest BCUT2D eigenvalue weighted by atomic mass is 16.6. The zero-order valence-electron chi connectivity index (χ0n) is 19.4. The summed E-state index contributed by atoms with van der Waals surface area (Å²) in [4.78, 5) is 34.9. The number of carbonyl (C=O) groups is 3. The molecule has 6 nitrogen and oxygen atoms in total. The average Bonchev–Trinajstić information content (AvgIpc) is 2.79. The second-order valence-electron chi connectivity index (χ2n) is 8.65. The summed E-state index contributed by atoms with van der Waals surface area (Å²) < 4.78 is 16.8. The van der Waals surface area contributed by atoms with E-state index in [1.165, 1.54) is 13.8 Å². The third kappa shape index (κ3) is 9.70. The molecule has 1 saturated heterocycles. The second-order valence-corrected chi connectivity index (χ2v) is 8.65. The van der Waals surface area contributed by atoms with Gasteiger partial charge in [-0.1, -0.05) is 18.6 Å². The van der Waals surface area contributed by atoms with Crippen molar-refractivity contribution in [3.8, 4) is 0 Å². The van der Waals surface area contributed by atoms with Crippen LogP contribution in [0.2, 0.25) is 0 Å². The van der Waals surface area contributed by atoms with Crippen LogP contribution in [0.4, 0.5) is 0 Å². The third-order valence-electron chi connectivity index (χ3n) is 5.53. The summed E-state index contributed by atoms with van der Waals surface area (Å²) in [6.07, 6.45) is 7.59. The van der Waals surface area contributed by atoms with Crippen LogP contribution in [0, 0.1) is 5.92 Å². The SMILES string of the molecule is CC(=O)OCC=C1CC[C@@H](OC(C)=O)C(C)(CCCC(C)C(=O)CC=C(C)C)OC1. The van der Waals surface area contributed by atoms with Crippen LogP contribution in [0.3, 0.4) is 0 Å². The molecule has 6 heteroatoms. The molecular weight excluding hydrogens is 384 g/mol. The normalized spacial score (nSPS) is 23.9. The van der Waals surface area contributed by atoms with Gasteiger partial charge in [0.2, 0.25) is 0 Å². The number of ketones is 1. The van der Waals surface area contributed by atoms with Crippen molar-refractivity contribution in [3.05, 3.63) is 23.3 Å². The van der Waals surface area contributed by atoms with E-state index in [9.17, 15) is 14.4 Å². The molecule has 0 radical (unpaired) electrons. The van der Waals surface area contributed by atoms with E-state index in [2.05, 4.69) is 0 Å². The number of allylic oxidation sites excluding steroid dienone is 2. The van der Waals surface area contributed by atoms with Gasteiger partial charge in [0, 0.05) is 26.2 Å². The molecular formula is C24H38O6. The lowest BCUT2D eigenvalue weighted by atomic mass is 9.87. The van der Waals surface area contributed by atoms with Gasteiger partial charge in [0.15, 0.2) is 0 Å². The Balaban J connectivity index is 2.72. The van der Waals surface area contributed by atoms with Gasteiger partial charge < -0.3 is 14.2 Å². The van der Waals surface area contributed by atoms with Gasteiger partial charge in [0.1, 0.15) is 24.1 Å². The van der Waals surface area contributed by atoms with Crippen LogP contribution in [0.15, 0.2) is 23.3 Å². The molecule has 1 aliphatic rings. The minimum Gasteiger partial charge on any atom is -0.462 e. The predicted molar refractivity (Wildman–Crippen MR) is 116 cm³/mol. The molecule has 2 unspecified atom stereocenters. The van der Waals surface area contributed by atoms with Crippen LogP contribution in [0.1, 0.15) is 80.1 Å². The highest BCUT2D eigenvalue weighted by Crippen LogP contribution is 2.34. The van der Waals surface area contributed by atoms with Gasteiger partial charge in [0.05, 0.1) is 6.61 Å². The van der Waals surface area contributed by atoms with E-state index in [0.29, 0.717) is 32.3 Å². The quantitative estimate of drug-likeness (QED) is 0.375. The van der Waals surface area contributed by atoms with Gasteiger partial charge in [-0.15, -0.1) is 0 Å². The predicted octanol–water partition coefficient (Wildman–Crippen LogP) is 4.71. The van der Waals surface area contributed by atoms with Gasteiger partial charge in [-0.05, 0) is 64.5 Å². The van der Waals surface area contributed by atoms with Crippen LogP contribution < -0.4 is 0 Å². The minimum atomic E-state index is -0.620. The van der Waals surface area contributed by atoms with E-state index in [4.69, 9.17) is 14.2 Å². The molecule has 0 aliphatic carbocycles. The lowest BCUT2D eigenvalue weighted by Crippen LogP contribution is -2.43. The molecule has 1 rings (SSSR count). The Labute approximate surface area is 181 Å². The van der Waals surface area contributed by atoms with E-state index in [-0.39, 0.29) is 36.4 Å². The summed E-state index contributed by atoms with van der Waals surface area (Å²) >= 11 is 0. The average molecular weight is 423 g/mol. The molecule has 0 aromatic carbocycles. The number of Topliss-reactive ketones (excluding diaryl/α,β-unsaturated/α-hetero) is 1. The topological polar surface area (TPSA) is 78.9 Å². The van der Waals surface area contributed by atoms with Gasteiger partial charge >= 0.3 is 11.9 Å². The molecule has 170 valence electrons. The van der Waals surface area contributed by atoms with Crippen molar-refractivity contribution in [2.75, 3.05) is 13.2 Å². The zero-order valence-corrected chi connectivity index (χ0v) is 19.4. The number of ether oxygens (including phenoxy) is 3. The summed E-state index contributed by atoms with van der Waals surface area (Å²) in [6, 6.07) is 0. The second kappa shape index (κ2) is 12.7. The van der Waals surface area contributed by atoms with E-state index in [1.54, 1.807) is 0 Å². The fourth-order valence-corrected chi connectivity index (χ4v) is 3.53. The monoisotopic (exact) mass is 422 g/mol. The van der Waals surface area contributed by atoms with Crippen molar-refractivity contribution in [1.82, 2.24) is 0 Å². The first-order valence-corrected chi connectivity index (χ1v) is 10.8. The van der Waals surface area contributed by atoms with Crippen LogP contribution in [0.5, 0.6) is 0 Å². The maximum Gasteiger partial charge on any atom is 0.303 e. The molecule has 3 atom stereocenters. The van der Waals surface area contributed by atoms with Gasteiger partial charge in [0.25, 0.3) is 0 Å². The fraction of sp³-hybridized carbons (Fsp3) is 0.708. The summed E-state index contributed by atoms with van der Waals surface area (Å²) in [6.45, 7) is 11.3. The van der Waals surface area contributed by atoms with Crippen molar-refractivity contribution in [1.29, 1.82) is 0 Å². The summed E-state index contributed by atoms with van der Waals surface area (Å²) in [7, 11) is 0. The summed E-state index contributed by atoms with van der Waals surface area (Å²) in [5, 5.41) is 0. The first-order chi connectivity index (χ1) is 14.0. The van der Waals surface area contributed by atoms with Crippen LogP contribution in [0.25, 0.3) is 0 Å². The minimum absolute atomic E-state index is 0.0126. The molecule has 1 fully saturated rings. The van der Waals surface area contributed by atoms with E-state index >= 15 is 0 Å².